The lowest BCUT2D eigenvalue weighted by atomic mass is 10.3. The molecule has 1 aromatic rings. The number of aliphatic hydroxyl groups excluding tert-OH is 1. The highest BCUT2D eigenvalue weighted by molar-refractivity contribution is 7.89. The van der Waals surface area contributed by atoms with Crippen LogP contribution in [-0.4, -0.2) is 57.3 Å². The number of sulfonamides is 1. The number of ether oxygens (including phenoxy) is 2. The van der Waals surface area contributed by atoms with E-state index in [4.69, 9.17) is 9.47 Å². The lowest BCUT2D eigenvalue weighted by molar-refractivity contribution is 0.146. The van der Waals surface area contributed by atoms with E-state index < -0.39 is 16.1 Å². The Labute approximate surface area is 119 Å². The Morgan fingerprint density at radius 3 is 2.55 bits per heavy atom. The first-order valence-electron chi connectivity index (χ1n) is 6.44. The Bertz CT molecular complexity index is 528. The molecule has 0 spiro atoms. The van der Waals surface area contributed by atoms with Crippen LogP contribution in [0.15, 0.2) is 29.2 Å². The number of β-amino-alcohol motifs (C(OH)–C–C–N with tert-alkyl or cyclic N) is 1. The van der Waals surface area contributed by atoms with Crippen LogP contribution in [0.4, 0.5) is 0 Å². The maximum atomic E-state index is 12.3. The van der Waals surface area contributed by atoms with Gasteiger partial charge in [-0.1, -0.05) is 0 Å². The molecule has 1 heterocycles. The van der Waals surface area contributed by atoms with Gasteiger partial charge in [0.2, 0.25) is 10.0 Å². The van der Waals surface area contributed by atoms with Crippen LogP contribution in [0, 0.1) is 0 Å². The highest BCUT2D eigenvalue weighted by Crippen LogP contribution is 2.23. The summed E-state index contributed by atoms with van der Waals surface area (Å²) in [4.78, 5) is 0.214. The molecule has 1 aliphatic rings. The summed E-state index contributed by atoms with van der Waals surface area (Å²) in [6, 6.07) is 6.27. The van der Waals surface area contributed by atoms with Crippen molar-refractivity contribution in [1.82, 2.24) is 4.31 Å². The maximum absolute atomic E-state index is 12.3. The molecule has 1 atom stereocenters. The summed E-state index contributed by atoms with van der Waals surface area (Å²) in [5.41, 5.74) is 0. The minimum Gasteiger partial charge on any atom is -0.491 e. The van der Waals surface area contributed by atoms with Gasteiger partial charge in [-0.2, -0.15) is 4.31 Å². The molecule has 1 saturated heterocycles. The van der Waals surface area contributed by atoms with E-state index in [-0.39, 0.29) is 11.4 Å². The van der Waals surface area contributed by atoms with Crippen molar-refractivity contribution in [2.45, 2.75) is 17.4 Å². The van der Waals surface area contributed by atoms with Gasteiger partial charge in [0.25, 0.3) is 0 Å². The highest BCUT2D eigenvalue weighted by Gasteiger charge is 2.31. The number of nitrogens with zero attached hydrogens (tertiary/aromatic N) is 1. The first-order chi connectivity index (χ1) is 9.54. The van der Waals surface area contributed by atoms with Gasteiger partial charge < -0.3 is 14.6 Å². The molecule has 0 saturated carbocycles. The van der Waals surface area contributed by atoms with Crippen molar-refractivity contribution < 1.29 is 23.0 Å². The van der Waals surface area contributed by atoms with Crippen LogP contribution in [-0.2, 0) is 14.8 Å². The van der Waals surface area contributed by atoms with Crippen LogP contribution >= 0.6 is 0 Å². The summed E-state index contributed by atoms with van der Waals surface area (Å²) < 4.78 is 36.2. The number of rotatable bonds is 6. The molecule has 0 bridgehead atoms. The standard InChI is InChI=1S/C13H19NO5S/c1-18-8-9-19-12-2-4-13(5-3-12)20(16,17)14-7-6-11(15)10-14/h2-5,11,15H,6-10H2,1H3. The summed E-state index contributed by atoms with van der Waals surface area (Å²) in [6.45, 7) is 1.41. The van der Waals surface area contributed by atoms with E-state index in [2.05, 4.69) is 0 Å². The molecule has 1 unspecified atom stereocenters. The van der Waals surface area contributed by atoms with Crippen LogP contribution in [0.25, 0.3) is 0 Å². The van der Waals surface area contributed by atoms with Gasteiger partial charge in [0.1, 0.15) is 12.4 Å². The van der Waals surface area contributed by atoms with E-state index in [9.17, 15) is 13.5 Å². The normalized spacial score (nSPS) is 20.2. The fourth-order valence-electron chi connectivity index (χ4n) is 2.03. The average molecular weight is 301 g/mol. The molecule has 1 aromatic carbocycles. The summed E-state index contributed by atoms with van der Waals surface area (Å²) in [5.74, 6) is 0.599. The molecule has 6 nitrogen and oxygen atoms in total. The SMILES string of the molecule is COCCOc1ccc(S(=O)(=O)N2CCC(O)C2)cc1. The average Bonchev–Trinajstić information content (AvgIpc) is 2.87. The minimum atomic E-state index is -3.52. The number of hydrogen-bond acceptors (Lipinski definition) is 5. The topological polar surface area (TPSA) is 76.1 Å². The van der Waals surface area contributed by atoms with Gasteiger partial charge in [-0.05, 0) is 30.7 Å². The Morgan fingerprint density at radius 1 is 1.30 bits per heavy atom. The van der Waals surface area contributed by atoms with Crippen molar-refractivity contribution in [3.05, 3.63) is 24.3 Å². The van der Waals surface area contributed by atoms with Crippen LogP contribution in [0.5, 0.6) is 5.75 Å². The van der Waals surface area contributed by atoms with Gasteiger partial charge in [-0.25, -0.2) is 8.42 Å². The summed E-state index contributed by atoms with van der Waals surface area (Å²) >= 11 is 0. The lowest BCUT2D eigenvalue weighted by Gasteiger charge is -2.16. The van der Waals surface area contributed by atoms with Gasteiger partial charge in [0, 0.05) is 20.2 Å². The predicted molar refractivity (Wildman–Crippen MR) is 73.2 cm³/mol. The zero-order valence-corrected chi connectivity index (χ0v) is 12.2. The van der Waals surface area contributed by atoms with E-state index >= 15 is 0 Å². The lowest BCUT2D eigenvalue weighted by Crippen LogP contribution is -2.29. The zero-order valence-electron chi connectivity index (χ0n) is 11.4. The van der Waals surface area contributed by atoms with E-state index in [1.807, 2.05) is 0 Å². The molecule has 2 rings (SSSR count). The van der Waals surface area contributed by atoms with E-state index in [1.54, 1.807) is 19.2 Å². The summed E-state index contributed by atoms with van der Waals surface area (Å²) in [6.07, 6.45) is -0.0846. The van der Waals surface area contributed by atoms with Crippen molar-refractivity contribution in [2.75, 3.05) is 33.4 Å². The Kier molecular flexibility index (Phi) is 4.98. The third-order valence-electron chi connectivity index (χ3n) is 3.14. The van der Waals surface area contributed by atoms with Gasteiger partial charge in [-0.3, -0.25) is 0 Å². The molecule has 0 aromatic heterocycles. The van der Waals surface area contributed by atoms with Crippen molar-refractivity contribution in [3.63, 3.8) is 0 Å². The monoisotopic (exact) mass is 301 g/mol. The third kappa shape index (κ3) is 3.49. The van der Waals surface area contributed by atoms with E-state index in [0.29, 0.717) is 31.9 Å². The van der Waals surface area contributed by atoms with Crippen LogP contribution in [0.3, 0.4) is 0 Å². The Morgan fingerprint density at radius 2 is 2.00 bits per heavy atom. The largest absolute Gasteiger partial charge is 0.491 e. The van der Waals surface area contributed by atoms with Crippen LogP contribution < -0.4 is 4.74 Å². The second-order valence-corrected chi connectivity index (χ2v) is 6.56. The van der Waals surface area contributed by atoms with Crippen molar-refractivity contribution in [3.8, 4) is 5.75 Å². The molecule has 0 amide bonds. The fraction of sp³-hybridized carbons (Fsp3) is 0.538. The van der Waals surface area contributed by atoms with Crippen molar-refractivity contribution in [1.29, 1.82) is 0 Å². The molecular weight excluding hydrogens is 282 g/mol. The number of hydrogen-bond donors (Lipinski definition) is 1. The van der Waals surface area contributed by atoms with Crippen molar-refractivity contribution >= 4 is 10.0 Å². The molecule has 1 fully saturated rings. The smallest absolute Gasteiger partial charge is 0.243 e. The van der Waals surface area contributed by atoms with Gasteiger partial charge in [-0.15, -0.1) is 0 Å². The highest BCUT2D eigenvalue weighted by atomic mass is 32.2. The summed E-state index contributed by atoms with van der Waals surface area (Å²) in [5, 5.41) is 9.44. The summed E-state index contributed by atoms with van der Waals surface area (Å²) in [7, 11) is -1.93. The Balaban J connectivity index is 2.05. The molecule has 1 aliphatic heterocycles. The molecular formula is C13H19NO5S. The number of methoxy groups -OCH3 is 1. The fourth-order valence-corrected chi connectivity index (χ4v) is 3.52. The van der Waals surface area contributed by atoms with E-state index in [0.717, 1.165) is 0 Å². The quantitative estimate of drug-likeness (QED) is 0.773. The zero-order chi connectivity index (χ0) is 14.6. The third-order valence-corrected chi connectivity index (χ3v) is 5.02. The first kappa shape index (κ1) is 15.2. The van der Waals surface area contributed by atoms with Gasteiger partial charge in [0.05, 0.1) is 17.6 Å². The maximum Gasteiger partial charge on any atom is 0.243 e. The number of aliphatic hydroxyl groups is 1. The van der Waals surface area contributed by atoms with Crippen LogP contribution in [0.2, 0.25) is 0 Å². The predicted octanol–water partition coefficient (Wildman–Crippen LogP) is 0.467. The van der Waals surface area contributed by atoms with Crippen LogP contribution in [0.1, 0.15) is 6.42 Å². The molecule has 0 aliphatic carbocycles. The second-order valence-electron chi connectivity index (χ2n) is 4.62. The minimum absolute atomic E-state index is 0.161. The number of benzene rings is 1. The molecule has 7 heteroatoms. The van der Waals surface area contributed by atoms with E-state index in [1.165, 1.54) is 16.4 Å². The first-order valence-corrected chi connectivity index (χ1v) is 7.88. The Hall–Kier alpha value is -1.15. The molecule has 112 valence electrons. The molecule has 0 radical (unpaired) electrons. The van der Waals surface area contributed by atoms with Crippen molar-refractivity contribution in [2.24, 2.45) is 0 Å². The van der Waals surface area contributed by atoms with Gasteiger partial charge in [0.15, 0.2) is 0 Å². The molecule has 20 heavy (non-hydrogen) atoms. The van der Waals surface area contributed by atoms with Gasteiger partial charge >= 0.3 is 0 Å². The molecule has 1 N–H and O–H groups in total. The second kappa shape index (κ2) is 6.53.